The van der Waals surface area contributed by atoms with Gasteiger partial charge in [0.15, 0.2) is 0 Å². The SMILES string of the molecule is CC(C)(c1ccc(O)cc1)c1ccc(O)cc1.Oc1ccc2c(O)cccc2c1.Oc1ccc2cc(C3(c4ccc5cc(O)ccc5c4)c4ccccc4-c4ccccc43)ccc2c1.Oc1ccc2cc(O)ccc2c1.Oc1cccc(O)c1.Oc1cccc2c(O)cccc12. The van der Waals surface area contributed by atoms with Crippen LogP contribution in [0.1, 0.15) is 47.2 Å². The lowest BCUT2D eigenvalue weighted by atomic mass is 9.67. The van der Waals surface area contributed by atoms with Crippen LogP contribution in [0.2, 0.25) is 0 Å². The number of rotatable bonds is 4. The third kappa shape index (κ3) is 14.1. The van der Waals surface area contributed by atoms with Crippen LogP contribution in [0.15, 0.2) is 303 Å². The van der Waals surface area contributed by atoms with Crippen LogP contribution in [0, 0.1) is 0 Å². The van der Waals surface area contributed by atoms with Gasteiger partial charge in [0, 0.05) is 27.6 Å². The van der Waals surface area contributed by atoms with E-state index in [1.807, 2.05) is 54.6 Å². The first-order chi connectivity index (χ1) is 46.2. The molecule has 1 aliphatic rings. The van der Waals surface area contributed by atoms with Gasteiger partial charge in [0.2, 0.25) is 0 Å². The van der Waals surface area contributed by atoms with Crippen molar-refractivity contribution in [2.75, 3.05) is 0 Å². The van der Waals surface area contributed by atoms with Crippen LogP contribution in [-0.2, 0) is 10.8 Å². The van der Waals surface area contributed by atoms with Crippen molar-refractivity contribution in [1.29, 1.82) is 0 Å². The standard InChI is InChI=1S/C33H22O2.C15H16O2.3C10H8O2.C6H6O2/c34-27-15-11-21-17-25(13-9-23(21)19-27)33(26-14-10-24-20-28(35)16-12-22(24)18-26)31-7-3-1-5-29(31)30-6-2-4-8-32(30)33;1-15(2,11-3-7-13(16)8-4-11)12-5-9-14(17)10-6-12;11-9-3-1-7-5-10(12)4-2-8(7)6-9;11-9-5-1-3-7-8(9)4-2-6-10(7)12;11-8-4-5-9-7(6-8)2-1-3-10(9)12;7-5-2-1-3-6(8)4-5/h1-20,34-35H;3-10,16-17H,1-2H3;3*1-6,11-12H;1-4,7-8H. The van der Waals surface area contributed by atoms with Gasteiger partial charge in [0.05, 0.1) is 5.41 Å². The summed E-state index contributed by atoms with van der Waals surface area (Å²) >= 11 is 0. The van der Waals surface area contributed by atoms with Crippen LogP contribution in [-0.4, -0.2) is 61.3 Å². The molecule has 0 heterocycles. The van der Waals surface area contributed by atoms with Crippen molar-refractivity contribution in [3.8, 4) is 80.1 Å². The van der Waals surface area contributed by atoms with E-state index < -0.39 is 5.41 Å². The second kappa shape index (κ2) is 28.0. The maximum Gasteiger partial charge on any atom is 0.123 e. The number of hydrogen-bond acceptors (Lipinski definition) is 12. The van der Waals surface area contributed by atoms with Gasteiger partial charge in [-0.15, -0.1) is 0 Å². The van der Waals surface area contributed by atoms with Crippen molar-refractivity contribution >= 4 is 53.9 Å². The number of fused-ring (bicyclic) bond motifs is 8. The Labute approximate surface area is 553 Å². The average molecular weight is 1270 g/mol. The van der Waals surface area contributed by atoms with E-state index in [0.29, 0.717) is 10.8 Å². The molecule has 12 nitrogen and oxygen atoms in total. The van der Waals surface area contributed by atoms with Gasteiger partial charge in [-0.25, -0.2) is 0 Å². The molecular weight excluding hydrogens is 1200 g/mol. The van der Waals surface area contributed by atoms with Crippen molar-refractivity contribution in [2.45, 2.75) is 24.7 Å². The lowest BCUT2D eigenvalue weighted by molar-refractivity contribution is 0.450. The molecule has 12 heteroatoms. The maximum absolute atomic E-state index is 10.0. The summed E-state index contributed by atoms with van der Waals surface area (Å²) in [6, 6.07) is 92.2. The quantitative estimate of drug-likeness (QED) is 0.0788. The van der Waals surface area contributed by atoms with Gasteiger partial charge in [0.25, 0.3) is 0 Å². The maximum atomic E-state index is 10.0. The Morgan fingerprint density at radius 2 is 0.521 bits per heavy atom. The van der Waals surface area contributed by atoms with Crippen LogP contribution in [0.3, 0.4) is 0 Å². The van der Waals surface area contributed by atoms with E-state index in [1.54, 1.807) is 146 Å². The van der Waals surface area contributed by atoms with E-state index in [4.69, 9.17) is 25.5 Å². The molecule has 12 N–H and O–H groups in total. The second-order valence-corrected chi connectivity index (χ2v) is 23.6. The molecule has 0 aromatic heterocycles. The Morgan fingerprint density at radius 1 is 0.219 bits per heavy atom. The van der Waals surface area contributed by atoms with Gasteiger partial charge in [-0.2, -0.15) is 0 Å². The Bertz CT molecular complexity index is 4980. The first kappa shape index (κ1) is 64.7. The smallest absolute Gasteiger partial charge is 0.123 e. The van der Waals surface area contributed by atoms with Crippen molar-refractivity contribution < 1.29 is 61.3 Å². The van der Waals surface area contributed by atoms with E-state index >= 15 is 0 Å². The Balaban J connectivity index is 0.000000129. The molecule has 15 aromatic rings. The predicted molar refractivity (Wildman–Crippen MR) is 382 cm³/mol. The van der Waals surface area contributed by atoms with Crippen LogP contribution < -0.4 is 0 Å². The number of hydrogen-bond donors (Lipinski definition) is 12. The number of aromatic hydroxyl groups is 12. The van der Waals surface area contributed by atoms with Crippen molar-refractivity contribution in [3.05, 3.63) is 337 Å². The number of phenols is 12. The molecule has 0 amide bonds. The van der Waals surface area contributed by atoms with Crippen molar-refractivity contribution in [2.24, 2.45) is 0 Å². The third-order valence-electron chi connectivity index (χ3n) is 17.0. The highest BCUT2D eigenvalue weighted by Gasteiger charge is 2.46. The minimum atomic E-state index is -0.495. The molecule has 96 heavy (non-hydrogen) atoms. The molecule has 476 valence electrons. The highest BCUT2D eigenvalue weighted by molar-refractivity contribution is 5.94. The highest BCUT2D eigenvalue weighted by Crippen LogP contribution is 2.57. The molecule has 0 saturated carbocycles. The van der Waals surface area contributed by atoms with E-state index in [1.165, 1.54) is 51.6 Å². The average Bonchev–Trinajstić information content (AvgIpc) is 1.53. The van der Waals surface area contributed by atoms with Crippen molar-refractivity contribution in [1.82, 2.24) is 0 Å². The molecule has 0 atom stereocenters. The summed E-state index contributed by atoms with van der Waals surface area (Å²) in [5.41, 5.74) is 9.00. The summed E-state index contributed by atoms with van der Waals surface area (Å²) in [7, 11) is 0. The summed E-state index contributed by atoms with van der Waals surface area (Å²) in [4.78, 5) is 0. The monoisotopic (exact) mass is 1270 g/mol. The molecule has 0 aliphatic heterocycles. The minimum absolute atomic E-state index is 0.0880. The van der Waals surface area contributed by atoms with Crippen LogP contribution in [0.4, 0.5) is 0 Å². The van der Waals surface area contributed by atoms with E-state index in [-0.39, 0.29) is 74.4 Å². The molecule has 0 radical (unpaired) electrons. The zero-order valence-corrected chi connectivity index (χ0v) is 52.2. The van der Waals surface area contributed by atoms with Gasteiger partial charge in [-0.3, -0.25) is 0 Å². The summed E-state index contributed by atoms with van der Waals surface area (Å²) in [5, 5.41) is 120. The van der Waals surface area contributed by atoms with Gasteiger partial charge in [0.1, 0.15) is 69.0 Å². The van der Waals surface area contributed by atoms with Gasteiger partial charge >= 0.3 is 0 Å². The van der Waals surface area contributed by atoms with Crippen molar-refractivity contribution in [3.63, 3.8) is 0 Å². The van der Waals surface area contributed by atoms with E-state index in [0.717, 1.165) is 54.2 Å². The lowest BCUT2D eigenvalue weighted by Gasteiger charge is -2.34. The Morgan fingerprint density at radius 3 is 0.906 bits per heavy atom. The first-order valence-corrected chi connectivity index (χ1v) is 30.7. The fourth-order valence-corrected chi connectivity index (χ4v) is 12.1. The molecule has 0 fully saturated rings. The lowest BCUT2D eigenvalue weighted by Crippen LogP contribution is -2.28. The fourth-order valence-electron chi connectivity index (χ4n) is 12.1. The molecule has 15 aromatic carbocycles. The van der Waals surface area contributed by atoms with E-state index in [2.05, 4.69) is 98.8 Å². The minimum Gasteiger partial charge on any atom is -0.508 e. The van der Waals surface area contributed by atoms with Gasteiger partial charge in [-0.1, -0.05) is 178 Å². The van der Waals surface area contributed by atoms with E-state index in [9.17, 15) is 35.7 Å². The molecular formula is C84H68O12. The summed E-state index contributed by atoms with van der Waals surface area (Å²) in [5.74, 6) is 2.61. The van der Waals surface area contributed by atoms with Crippen LogP contribution >= 0.6 is 0 Å². The molecule has 0 bridgehead atoms. The van der Waals surface area contributed by atoms with Gasteiger partial charge in [-0.05, 0) is 216 Å². The normalized spacial score (nSPS) is 11.6. The second-order valence-electron chi connectivity index (χ2n) is 23.6. The molecule has 0 unspecified atom stereocenters. The molecule has 0 spiro atoms. The fraction of sp³-hybridized carbons (Fsp3) is 0.0476. The summed E-state index contributed by atoms with van der Waals surface area (Å²) in [6.45, 7) is 4.23. The number of phenolic OH excluding ortho intramolecular Hbond substituents is 12. The zero-order valence-electron chi connectivity index (χ0n) is 52.2. The number of benzene rings is 15. The molecule has 16 rings (SSSR count). The molecule has 1 aliphatic carbocycles. The van der Waals surface area contributed by atoms with Crippen LogP contribution in [0.5, 0.6) is 69.0 Å². The predicted octanol–water partition coefficient (Wildman–Crippen LogP) is 19.0. The Hall–Kier alpha value is -12.8. The molecule has 0 saturated heterocycles. The third-order valence-corrected chi connectivity index (χ3v) is 17.0. The van der Waals surface area contributed by atoms with Gasteiger partial charge < -0.3 is 61.3 Å². The summed E-state index contributed by atoms with van der Waals surface area (Å²) < 4.78 is 0. The van der Waals surface area contributed by atoms with Crippen LogP contribution in [0.25, 0.3) is 65.0 Å². The topological polar surface area (TPSA) is 243 Å². The highest BCUT2D eigenvalue weighted by atomic mass is 16.3. The summed E-state index contributed by atoms with van der Waals surface area (Å²) in [6.07, 6.45) is 0. The zero-order chi connectivity index (χ0) is 67.7. The first-order valence-electron chi connectivity index (χ1n) is 30.7. The largest absolute Gasteiger partial charge is 0.508 e. The Kier molecular flexibility index (Phi) is 18.9.